The molecule has 0 saturated carbocycles. The van der Waals surface area contributed by atoms with Gasteiger partial charge >= 0.3 is 0 Å². The molecule has 9 aromatic rings. The molecule has 0 radical (unpaired) electrons. The van der Waals surface area contributed by atoms with Crippen LogP contribution in [0.3, 0.4) is 0 Å². The summed E-state index contributed by atoms with van der Waals surface area (Å²) in [5.41, 5.74) is 7.52. The summed E-state index contributed by atoms with van der Waals surface area (Å²) in [7, 11) is 0. The molecule has 5 aromatic heterocycles. The van der Waals surface area contributed by atoms with Crippen LogP contribution in [0.15, 0.2) is 84.9 Å². The van der Waals surface area contributed by atoms with Crippen LogP contribution < -0.4 is 0 Å². The second-order valence-corrected chi connectivity index (χ2v) is 9.75. The highest BCUT2D eigenvalue weighted by Gasteiger charge is 2.21. The third-order valence-corrected chi connectivity index (χ3v) is 8.27. The molecule has 1 N–H and O–H groups in total. The molecule has 0 saturated heterocycles. The predicted molar refractivity (Wildman–Crippen MR) is 137 cm³/mol. The van der Waals surface area contributed by atoms with Crippen molar-refractivity contribution in [1.29, 1.82) is 0 Å². The number of rotatable bonds is 0. The summed E-state index contributed by atoms with van der Waals surface area (Å²) >= 11 is 1.87. The van der Waals surface area contributed by atoms with E-state index < -0.39 is 0 Å². The number of aromatic nitrogens is 3. The summed E-state index contributed by atoms with van der Waals surface area (Å²) in [5.74, 6) is 0. The predicted octanol–water partition coefficient (Wildman–Crippen LogP) is 7.94. The van der Waals surface area contributed by atoms with Crippen molar-refractivity contribution in [3.8, 4) is 0 Å². The molecule has 0 spiro atoms. The highest BCUT2D eigenvalue weighted by Crippen LogP contribution is 2.44. The molecule has 32 heavy (non-hydrogen) atoms. The summed E-state index contributed by atoms with van der Waals surface area (Å²) in [6.07, 6.45) is 0. The number of benzene rings is 4. The molecule has 0 amide bonds. The molecule has 0 aliphatic carbocycles. The summed E-state index contributed by atoms with van der Waals surface area (Å²) in [5, 5.41) is 7.87. The van der Waals surface area contributed by atoms with E-state index in [1.54, 1.807) is 0 Å². The Morgan fingerprint density at radius 2 is 1.00 bits per heavy atom. The highest BCUT2D eigenvalue weighted by molar-refractivity contribution is 7.22. The molecule has 3 nitrogen and oxygen atoms in total. The molecule has 0 atom stereocenters. The second kappa shape index (κ2) is 5.06. The smallest absolute Gasteiger partial charge is 0.102 e. The molecular formula is C28H15N3S. The number of aromatic amines is 1. The van der Waals surface area contributed by atoms with Crippen LogP contribution in [0.25, 0.3) is 75.1 Å². The quantitative estimate of drug-likeness (QED) is 0.255. The van der Waals surface area contributed by atoms with Gasteiger partial charge in [0.05, 0.1) is 22.1 Å². The molecule has 4 heteroatoms. The van der Waals surface area contributed by atoms with E-state index in [2.05, 4.69) is 98.7 Å². The van der Waals surface area contributed by atoms with Crippen molar-refractivity contribution in [2.75, 3.05) is 0 Å². The molecule has 9 rings (SSSR count). The number of nitrogens with zero attached hydrogens (tertiary/aromatic N) is 2. The number of H-pyrrole nitrogens is 1. The van der Waals surface area contributed by atoms with Gasteiger partial charge in [-0.05, 0) is 36.4 Å². The van der Waals surface area contributed by atoms with Crippen LogP contribution in [-0.4, -0.2) is 13.8 Å². The zero-order valence-electron chi connectivity index (χ0n) is 16.9. The Morgan fingerprint density at radius 3 is 1.53 bits per heavy atom. The number of fused-ring (bicyclic) bond motifs is 10. The van der Waals surface area contributed by atoms with Crippen molar-refractivity contribution < 1.29 is 0 Å². The van der Waals surface area contributed by atoms with Crippen molar-refractivity contribution in [2.24, 2.45) is 0 Å². The lowest BCUT2D eigenvalue weighted by Crippen LogP contribution is -1.84. The summed E-state index contributed by atoms with van der Waals surface area (Å²) < 4.78 is 4.95. The standard InChI is InChI=1S/C28H15N3S/c1-3-7-21-15(5-1)17-9-11-19-25-26-20(29-19)12-10-18-16-6-2-4-8-22(16)31(28(18)26)24-14-13-23(32-24)30(21)27(17)25/h1-14,29H. The maximum absolute atomic E-state index is 3.73. The van der Waals surface area contributed by atoms with E-state index in [-0.39, 0.29) is 0 Å². The van der Waals surface area contributed by atoms with Crippen molar-refractivity contribution in [2.45, 2.75) is 0 Å². The van der Waals surface area contributed by atoms with E-state index in [4.69, 9.17) is 0 Å². The van der Waals surface area contributed by atoms with Gasteiger partial charge in [-0.25, -0.2) is 0 Å². The van der Waals surface area contributed by atoms with Crippen LogP contribution in [0, 0.1) is 0 Å². The van der Waals surface area contributed by atoms with Crippen LogP contribution in [0.4, 0.5) is 0 Å². The van der Waals surface area contributed by atoms with Gasteiger partial charge < -0.3 is 4.98 Å². The Bertz CT molecular complexity index is 2050. The lowest BCUT2D eigenvalue weighted by atomic mass is 10.1. The first kappa shape index (κ1) is 15.7. The van der Waals surface area contributed by atoms with Crippen LogP contribution in [0.1, 0.15) is 0 Å². The number of thiophene rings is 1. The molecule has 4 aromatic carbocycles. The Labute approximate surface area is 185 Å². The molecule has 0 unspecified atom stereocenters. The summed E-state index contributed by atoms with van der Waals surface area (Å²) in [6.45, 7) is 0. The number of hydrogen-bond acceptors (Lipinski definition) is 1. The molecule has 5 heterocycles. The third-order valence-electron chi connectivity index (χ3n) is 7.21. The molecule has 0 aliphatic heterocycles. The van der Waals surface area contributed by atoms with E-state index in [1.165, 1.54) is 75.1 Å². The van der Waals surface area contributed by atoms with E-state index in [9.17, 15) is 0 Å². The Morgan fingerprint density at radius 1 is 0.500 bits per heavy atom. The zero-order chi connectivity index (χ0) is 20.6. The number of hydrogen-bond donors (Lipinski definition) is 1. The average Bonchev–Trinajstić information content (AvgIpc) is 3.58. The van der Waals surface area contributed by atoms with Crippen LogP contribution >= 0.6 is 11.3 Å². The van der Waals surface area contributed by atoms with Gasteiger partial charge in [-0.15, -0.1) is 0 Å². The third kappa shape index (κ3) is 1.59. The fraction of sp³-hybridized carbons (Fsp3) is 0. The first-order valence-corrected chi connectivity index (χ1v) is 11.7. The summed E-state index contributed by atoms with van der Waals surface area (Å²) in [4.78, 5) is 6.24. The normalized spacial score (nSPS) is 13.0. The van der Waals surface area contributed by atoms with Crippen molar-refractivity contribution >= 4 is 86.4 Å². The maximum atomic E-state index is 3.73. The van der Waals surface area contributed by atoms with E-state index in [0.29, 0.717) is 0 Å². The van der Waals surface area contributed by atoms with Crippen LogP contribution in [0.5, 0.6) is 0 Å². The fourth-order valence-corrected chi connectivity index (χ4v) is 7.04. The summed E-state index contributed by atoms with van der Waals surface area (Å²) in [6, 6.07) is 31.2. The lowest BCUT2D eigenvalue weighted by Gasteiger charge is -2.01. The Kier molecular flexibility index (Phi) is 2.49. The Hall–Kier alpha value is -4.02. The molecule has 0 aliphatic rings. The lowest BCUT2D eigenvalue weighted by molar-refractivity contribution is 1.37. The molecule has 2 bridgehead atoms. The van der Waals surface area contributed by atoms with Gasteiger partial charge in [0.15, 0.2) is 0 Å². The first-order chi connectivity index (χ1) is 15.9. The van der Waals surface area contributed by atoms with E-state index in [0.717, 1.165) is 0 Å². The topological polar surface area (TPSA) is 24.6 Å². The zero-order valence-corrected chi connectivity index (χ0v) is 17.7. The fourth-order valence-electron chi connectivity index (χ4n) is 5.99. The van der Waals surface area contributed by atoms with Gasteiger partial charge in [0.25, 0.3) is 0 Å². The van der Waals surface area contributed by atoms with Crippen molar-refractivity contribution in [3.05, 3.63) is 84.9 Å². The SMILES string of the molecule is c1ccc2c(c1)c1ccc3[nH]c4ccc5c6ccccc6n6c7ccc(s7)n2c1c3c4c56. The highest BCUT2D eigenvalue weighted by atomic mass is 32.1. The number of nitrogens with one attached hydrogen (secondary N) is 1. The van der Waals surface area contributed by atoms with Gasteiger partial charge in [-0.2, -0.15) is 0 Å². The van der Waals surface area contributed by atoms with Gasteiger partial charge in [0.2, 0.25) is 0 Å². The largest absolute Gasteiger partial charge is 0.354 e. The minimum absolute atomic E-state index is 1.19. The average molecular weight is 426 g/mol. The molecule has 0 fully saturated rings. The van der Waals surface area contributed by atoms with Crippen LogP contribution in [0.2, 0.25) is 0 Å². The van der Waals surface area contributed by atoms with Crippen molar-refractivity contribution in [1.82, 2.24) is 13.8 Å². The van der Waals surface area contributed by atoms with Gasteiger partial charge in [-0.3, -0.25) is 8.80 Å². The van der Waals surface area contributed by atoms with E-state index >= 15 is 0 Å². The number of para-hydroxylation sites is 2. The molecular weight excluding hydrogens is 410 g/mol. The van der Waals surface area contributed by atoms with Gasteiger partial charge in [0, 0.05) is 43.4 Å². The maximum Gasteiger partial charge on any atom is 0.102 e. The Balaban J connectivity index is 1.82. The minimum Gasteiger partial charge on any atom is -0.354 e. The van der Waals surface area contributed by atoms with Gasteiger partial charge in [-0.1, -0.05) is 59.9 Å². The van der Waals surface area contributed by atoms with Gasteiger partial charge in [0.1, 0.15) is 9.66 Å². The van der Waals surface area contributed by atoms with Crippen LogP contribution in [-0.2, 0) is 0 Å². The second-order valence-electron chi connectivity index (χ2n) is 8.71. The van der Waals surface area contributed by atoms with Crippen molar-refractivity contribution in [3.63, 3.8) is 0 Å². The van der Waals surface area contributed by atoms with E-state index in [1.807, 2.05) is 11.3 Å². The monoisotopic (exact) mass is 425 g/mol. The molecule has 148 valence electrons. The first-order valence-electron chi connectivity index (χ1n) is 10.9. The minimum atomic E-state index is 1.19.